The predicted octanol–water partition coefficient (Wildman–Crippen LogP) is 1.81. The minimum Gasteiger partial charge on any atom is -0.387 e. The first-order chi connectivity index (χ1) is 9.08. The van der Waals surface area contributed by atoms with E-state index in [-0.39, 0.29) is 6.10 Å². The van der Waals surface area contributed by atoms with E-state index in [1.807, 2.05) is 0 Å². The van der Waals surface area contributed by atoms with Crippen LogP contribution in [0.25, 0.3) is 0 Å². The predicted molar refractivity (Wildman–Crippen MR) is 77.1 cm³/mol. The molecule has 0 unspecified atom stereocenters. The van der Waals surface area contributed by atoms with Gasteiger partial charge in [0.05, 0.1) is 20.3 Å². The Bertz CT molecular complexity index is 234. The molecule has 1 heterocycles. The highest BCUT2D eigenvalue weighted by Gasteiger charge is 2.46. The Morgan fingerprint density at radius 3 is 2.11 bits per heavy atom. The van der Waals surface area contributed by atoms with Crippen LogP contribution in [-0.2, 0) is 9.47 Å². The Morgan fingerprint density at radius 2 is 1.68 bits per heavy atom. The highest BCUT2D eigenvalue weighted by molar-refractivity contribution is 4.77. The van der Waals surface area contributed by atoms with Crippen LogP contribution in [0.15, 0.2) is 0 Å². The number of hydrogen-bond acceptors (Lipinski definition) is 3. The Hall–Kier alpha value is -0.160. The summed E-state index contributed by atoms with van der Waals surface area (Å²) >= 11 is 0. The molecule has 0 aromatic rings. The molecule has 1 saturated heterocycles. The lowest BCUT2D eigenvalue weighted by molar-refractivity contribution is -0.946. The van der Waals surface area contributed by atoms with Crippen molar-refractivity contribution < 1.29 is 19.1 Å². The molecule has 0 aliphatic carbocycles. The summed E-state index contributed by atoms with van der Waals surface area (Å²) in [5.74, 6) is 0. The Balaban J connectivity index is 2.67. The lowest BCUT2D eigenvalue weighted by Gasteiger charge is -2.42. The van der Waals surface area contributed by atoms with E-state index in [0.717, 1.165) is 43.5 Å². The van der Waals surface area contributed by atoms with E-state index < -0.39 is 0 Å². The van der Waals surface area contributed by atoms with E-state index in [0.29, 0.717) is 12.1 Å². The number of aliphatic hydroxyl groups excluding tert-OH is 1. The van der Waals surface area contributed by atoms with Crippen LogP contribution in [0.1, 0.15) is 39.0 Å². The largest absolute Gasteiger partial charge is 0.387 e. The molecule has 4 heteroatoms. The van der Waals surface area contributed by atoms with Gasteiger partial charge in [0.15, 0.2) is 0 Å². The van der Waals surface area contributed by atoms with Crippen molar-refractivity contribution in [2.45, 2.75) is 57.2 Å². The van der Waals surface area contributed by atoms with Crippen LogP contribution in [0, 0.1) is 0 Å². The standard InChI is InChI=1S/C15H32NO3/c1-5-6-7-15(17)10-16(2)13(11-18-3)8-9-14(16)12-19-4/h13-15,17H,5-12H2,1-4H3/q+1/t13-,14-,15-/m1/s1. The fraction of sp³-hybridized carbons (Fsp3) is 1.00. The monoisotopic (exact) mass is 274 g/mol. The number of likely N-dealkylation sites (N-methyl/N-ethyl adjacent to an activating group) is 1. The van der Waals surface area contributed by atoms with Crippen molar-refractivity contribution in [2.75, 3.05) is 41.0 Å². The maximum Gasteiger partial charge on any atom is 0.113 e. The molecule has 114 valence electrons. The number of aliphatic hydroxyl groups is 1. The van der Waals surface area contributed by atoms with E-state index in [2.05, 4.69) is 14.0 Å². The van der Waals surface area contributed by atoms with Gasteiger partial charge in [-0.3, -0.25) is 0 Å². The van der Waals surface area contributed by atoms with E-state index >= 15 is 0 Å². The summed E-state index contributed by atoms with van der Waals surface area (Å²) in [6.07, 6.45) is 5.28. The second-order valence-electron chi connectivity index (χ2n) is 6.12. The number of quaternary nitrogens is 1. The van der Waals surface area contributed by atoms with Crippen molar-refractivity contribution in [3.8, 4) is 0 Å². The summed E-state index contributed by atoms with van der Waals surface area (Å²) in [7, 11) is 5.79. The van der Waals surface area contributed by atoms with Gasteiger partial charge < -0.3 is 19.1 Å². The quantitative estimate of drug-likeness (QED) is 0.652. The minimum atomic E-state index is -0.207. The zero-order chi connectivity index (χ0) is 14.3. The molecular weight excluding hydrogens is 242 g/mol. The number of nitrogens with zero attached hydrogens (tertiary/aromatic N) is 1. The van der Waals surface area contributed by atoms with E-state index in [4.69, 9.17) is 9.47 Å². The maximum absolute atomic E-state index is 10.3. The Kier molecular flexibility index (Phi) is 7.29. The molecule has 0 bridgehead atoms. The average molecular weight is 274 g/mol. The smallest absolute Gasteiger partial charge is 0.113 e. The van der Waals surface area contributed by atoms with Gasteiger partial charge in [-0.1, -0.05) is 19.8 Å². The fourth-order valence-corrected chi connectivity index (χ4v) is 3.45. The van der Waals surface area contributed by atoms with Crippen LogP contribution >= 0.6 is 0 Å². The van der Waals surface area contributed by atoms with E-state index in [1.54, 1.807) is 14.2 Å². The van der Waals surface area contributed by atoms with E-state index in [1.165, 1.54) is 12.8 Å². The average Bonchev–Trinajstić information content (AvgIpc) is 2.66. The minimum absolute atomic E-state index is 0.207. The van der Waals surface area contributed by atoms with Gasteiger partial charge in [0.25, 0.3) is 0 Å². The summed E-state index contributed by atoms with van der Waals surface area (Å²) in [5, 5.41) is 10.3. The molecule has 1 aliphatic rings. The first-order valence-electron chi connectivity index (χ1n) is 7.59. The van der Waals surface area contributed by atoms with Crippen LogP contribution in [0.5, 0.6) is 0 Å². The normalized spacial score (nSPS) is 27.6. The highest BCUT2D eigenvalue weighted by Crippen LogP contribution is 2.32. The second-order valence-corrected chi connectivity index (χ2v) is 6.12. The molecule has 0 amide bonds. The van der Waals surface area contributed by atoms with Gasteiger partial charge in [0.1, 0.15) is 24.7 Å². The Labute approximate surface area is 118 Å². The highest BCUT2D eigenvalue weighted by atomic mass is 16.5. The van der Waals surface area contributed by atoms with Crippen LogP contribution in [-0.4, -0.2) is 68.8 Å². The first-order valence-corrected chi connectivity index (χ1v) is 7.59. The lowest BCUT2D eigenvalue weighted by Crippen LogP contribution is -2.59. The van der Waals surface area contributed by atoms with Gasteiger partial charge in [-0.25, -0.2) is 0 Å². The topological polar surface area (TPSA) is 38.7 Å². The lowest BCUT2D eigenvalue weighted by atomic mass is 10.1. The number of methoxy groups -OCH3 is 2. The molecule has 0 saturated carbocycles. The van der Waals surface area contributed by atoms with Gasteiger partial charge in [-0.05, 0) is 6.42 Å². The van der Waals surface area contributed by atoms with Crippen LogP contribution in [0.2, 0.25) is 0 Å². The van der Waals surface area contributed by atoms with Gasteiger partial charge >= 0.3 is 0 Å². The third-order valence-corrected chi connectivity index (χ3v) is 4.71. The van der Waals surface area contributed by atoms with Crippen molar-refractivity contribution in [3.63, 3.8) is 0 Å². The van der Waals surface area contributed by atoms with Gasteiger partial charge in [0, 0.05) is 27.1 Å². The van der Waals surface area contributed by atoms with Crippen molar-refractivity contribution >= 4 is 0 Å². The van der Waals surface area contributed by atoms with Crippen LogP contribution < -0.4 is 0 Å². The van der Waals surface area contributed by atoms with Crippen LogP contribution in [0.4, 0.5) is 0 Å². The van der Waals surface area contributed by atoms with Gasteiger partial charge in [0.2, 0.25) is 0 Å². The third kappa shape index (κ3) is 4.42. The van der Waals surface area contributed by atoms with Crippen molar-refractivity contribution in [1.29, 1.82) is 0 Å². The summed E-state index contributed by atoms with van der Waals surface area (Å²) in [5.41, 5.74) is 0. The molecule has 1 fully saturated rings. The molecule has 1 rings (SSSR count). The second kappa shape index (κ2) is 8.20. The number of likely N-dealkylation sites (tertiary alicyclic amines) is 1. The van der Waals surface area contributed by atoms with Gasteiger partial charge in [-0.15, -0.1) is 0 Å². The Morgan fingerprint density at radius 1 is 1.16 bits per heavy atom. The van der Waals surface area contributed by atoms with Crippen molar-refractivity contribution in [3.05, 3.63) is 0 Å². The molecule has 1 N–H and O–H groups in total. The van der Waals surface area contributed by atoms with Crippen molar-refractivity contribution in [1.82, 2.24) is 0 Å². The molecule has 0 radical (unpaired) electrons. The summed E-state index contributed by atoms with van der Waals surface area (Å²) in [6, 6.07) is 0.975. The molecule has 3 atom stereocenters. The maximum atomic E-state index is 10.3. The number of unbranched alkanes of at least 4 members (excludes halogenated alkanes) is 1. The zero-order valence-electron chi connectivity index (χ0n) is 13.1. The number of ether oxygens (including phenoxy) is 2. The number of rotatable bonds is 9. The first kappa shape index (κ1) is 16.9. The molecular formula is C15H32NO3+. The van der Waals surface area contributed by atoms with Gasteiger partial charge in [-0.2, -0.15) is 0 Å². The number of hydrogen-bond donors (Lipinski definition) is 1. The molecule has 0 aromatic carbocycles. The molecule has 0 aromatic heterocycles. The van der Waals surface area contributed by atoms with Crippen LogP contribution in [0.3, 0.4) is 0 Å². The molecule has 1 aliphatic heterocycles. The molecule has 4 nitrogen and oxygen atoms in total. The SMILES string of the molecule is CCCC[C@@H](O)C[N+]1(C)[C@@H](COC)CC[C@@H]1COC. The summed E-state index contributed by atoms with van der Waals surface area (Å²) in [6.45, 7) is 4.54. The summed E-state index contributed by atoms with van der Waals surface area (Å²) < 4.78 is 11.6. The fourth-order valence-electron chi connectivity index (χ4n) is 3.45. The third-order valence-electron chi connectivity index (χ3n) is 4.71. The molecule has 19 heavy (non-hydrogen) atoms. The van der Waals surface area contributed by atoms with E-state index in [9.17, 15) is 5.11 Å². The summed E-state index contributed by atoms with van der Waals surface area (Å²) in [4.78, 5) is 0. The molecule has 0 spiro atoms. The zero-order valence-corrected chi connectivity index (χ0v) is 13.1. The van der Waals surface area contributed by atoms with Crippen molar-refractivity contribution in [2.24, 2.45) is 0 Å².